The lowest BCUT2D eigenvalue weighted by Gasteiger charge is -2.14. The van der Waals surface area contributed by atoms with Crippen LogP contribution in [0.2, 0.25) is 0 Å². The van der Waals surface area contributed by atoms with Crippen molar-refractivity contribution in [2.45, 2.75) is 31.9 Å². The zero-order chi connectivity index (χ0) is 25.6. The zero-order valence-electron chi connectivity index (χ0n) is 20.8. The van der Waals surface area contributed by atoms with Crippen LogP contribution in [0.4, 0.5) is 11.4 Å². The normalized spacial score (nSPS) is 15.0. The summed E-state index contributed by atoms with van der Waals surface area (Å²) in [5.41, 5.74) is 3.75. The van der Waals surface area contributed by atoms with Crippen LogP contribution in [-0.4, -0.2) is 47.8 Å². The van der Waals surface area contributed by atoms with Gasteiger partial charge in [-0.15, -0.1) is 0 Å². The van der Waals surface area contributed by atoms with Crippen molar-refractivity contribution in [1.82, 2.24) is 9.55 Å². The van der Waals surface area contributed by atoms with Crippen LogP contribution < -0.4 is 10.6 Å². The highest BCUT2D eigenvalue weighted by molar-refractivity contribution is 6.14. The van der Waals surface area contributed by atoms with Crippen LogP contribution in [0.15, 0.2) is 72.9 Å². The first-order chi connectivity index (χ1) is 18.1. The molecule has 0 radical (unpaired) electrons. The van der Waals surface area contributed by atoms with Gasteiger partial charge in [-0.2, -0.15) is 0 Å². The molecule has 5 rings (SSSR count). The predicted molar refractivity (Wildman–Crippen MR) is 143 cm³/mol. The zero-order valence-corrected chi connectivity index (χ0v) is 20.8. The molecule has 0 unspecified atom stereocenters. The highest BCUT2D eigenvalue weighted by Gasteiger charge is 2.29. The minimum atomic E-state index is -0.544. The van der Waals surface area contributed by atoms with Gasteiger partial charge in [0.15, 0.2) is 5.69 Å². The smallest absolute Gasteiger partial charge is 0.356 e. The molecule has 1 aliphatic rings. The standard InChI is InChI=1S/C29H30N4O4/c1-36-29(35)26-25(32-28(34)21-11-6-3-7-12-21)24-17-22(30-15-14-20-9-4-2-5-10-20)18-31-27(24)33(26)19-23-13-8-16-37-23/h2-7,9-12,17-18,23,30H,8,13-16,19H2,1H3,(H,32,34)/t23-/m0/s1. The fourth-order valence-electron chi connectivity index (χ4n) is 4.70. The fraction of sp³-hybridized carbons (Fsp3) is 0.276. The fourth-order valence-corrected chi connectivity index (χ4v) is 4.70. The molecule has 2 aromatic heterocycles. The Morgan fingerprint density at radius 2 is 1.86 bits per heavy atom. The molecule has 4 aromatic rings. The van der Waals surface area contributed by atoms with Crippen LogP contribution in [0.5, 0.6) is 0 Å². The molecule has 2 aromatic carbocycles. The number of carbonyl (C=O) groups is 2. The van der Waals surface area contributed by atoms with Gasteiger partial charge in [-0.05, 0) is 43.0 Å². The molecular weight excluding hydrogens is 468 g/mol. The second-order valence-corrected chi connectivity index (χ2v) is 9.04. The molecule has 0 spiro atoms. The Morgan fingerprint density at radius 1 is 1.11 bits per heavy atom. The Kier molecular flexibility index (Phi) is 7.46. The Labute approximate surface area is 215 Å². The number of pyridine rings is 1. The first-order valence-electron chi connectivity index (χ1n) is 12.5. The van der Waals surface area contributed by atoms with Crippen molar-refractivity contribution >= 4 is 34.3 Å². The summed E-state index contributed by atoms with van der Waals surface area (Å²) in [5, 5.41) is 7.05. The van der Waals surface area contributed by atoms with Crippen molar-refractivity contribution in [3.8, 4) is 0 Å². The Balaban J connectivity index is 1.52. The number of methoxy groups -OCH3 is 1. The van der Waals surface area contributed by atoms with Crippen LogP contribution in [0.25, 0.3) is 11.0 Å². The van der Waals surface area contributed by atoms with E-state index in [1.54, 1.807) is 30.5 Å². The topological polar surface area (TPSA) is 94.5 Å². The SMILES string of the molecule is COC(=O)c1c(NC(=O)c2ccccc2)c2cc(NCCc3ccccc3)cnc2n1C[C@@H]1CCCO1. The molecule has 2 N–H and O–H groups in total. The summed E-state index contributed by atoms with van der Waals surface area (Å²) in [6.45, 7) is 1.84. The van der Waals surface area contributed by atoms with Gasteiger partial charge in [0.1, 0.15) is 5.65 Å². The van der Waals surface area contributed by atoms with Crippen LogP contribution in [0, 0.1) is 0 Å². The van der Waals surface area contributed by atoms with E-state index < -0.39 is 5.97 Å². The summed E-state index contributed by atoms with van der Waals surface area (Å²) in [4.78, 5) is 30.9. The number of esters is 1. The van der Waals surface area contributed by atoms with Gasteiger partial charge in [-0.1, -0.05) is 48.5 Å². The van der Waals surface area contributed by atoms with Gasteiger partial charge in [0.2, 0.25) is 0 Å². The maximum absolute atomic E-state index is 13.2. The second kappa shape index (κ2) is 11.3. The molecule has 1 atom stereocenters. The molecule has 0 bridgehead atoms. The summed E-state index contributed by atoms with van der Waals surface area (Å²) in [5.74, 6) is -0.859. The third kappa shape index (κ3) is 5.49. The van der Waals surface area contributed by atoms with Crippen molar-refractivity contribution in [2.75, 3.05) is 30.9 Å². The molecule has 0 aliphatic carbocycles. The number of nitrogens with one attached hydrogen (secondary N) is 2. The van der Waals surface area contributed by atoms with Gasteiger partial charge >= 0.3 is 5.97 Å². The largest absolute Gasteiger partial charge is 0.464 e. The van der Waals surface area contributed by atoms with E-state index in [9.17, 15) is 9.59 Å². The monoisotopic (exact) mass is 498 g/mol. The number of hydrogen-bond acceptors (Lipinski definition) is 6. The summed E-state index contributed by atoms with van der Waals surface area (Å²) in [7, 11) is 1.34. The van der Waals surface area contributed by atoms with Crippen LogP contribution in [0.1, 0.15) is 39.3 Å². The molecule has 1 amide bonds. The number of benzene rings is 2. The number of hydrogen-bond donors (Lipinski definition) is 2. The number of amides is 1. The lowest BCUT2D eigenvalue weighted by molar-refractivity contribution is 0.0580. The van der Waals surface area contributed by atoms with E-state index in [4.69, 9.17) is 14.5 Å². The Morgan fingerprint density at radius 3 is 2.57 bits per heavy atom. The maximum atomic E-state index is 13.2. The third-order valence-corrected chi connectivity index (χ3v) is 6.55. The molecule has 1 saturated heterocycles. The van der Waals surface area contributed by atoms with E-state index in [0.29, 0.717) is 42.0 Å². The van der Waals surface area contributed by atoms with Crippen molar-refractivity contribution in [3.63, 3.8) is 0 Å². The molecule has 37 heavy (non-hydrogen) atoms. The molecule has 8 heteroatoms. The number of rotatable bonds is 9. The highest BCUT2D eigenvalue weighted by Crippen LogP contribution is 2.34. The summed E-state index contributed by atoms with van der Waals surface area (Å²) in [6.07, 6.45) is 4.43. The minimum absolute atomic E-state index is 0.0397. The van der Waals surface area contributed by atoms with Crippen molar-refractivity contribution < 1.29 is 19.1 Å². The number of anilines is 2. The van der Waals surface area contributed by atoms with Crippen LogP contribution >= 0.6 is 0 Å². The lowest BCUT2D eigenvalue weighted by atomic mass is 10.1. The van der Waals surface area contributed by atoms with E-state index in [0.717, 1.165) is 24.9 Å². The van der Waals surface area contributed by atoms with E-state index in [1.807, 2.05) is 34.9 Å². The maximum Gasteiger partial charge on any atom is 0.356 e. The van der Waals surface area contributed by atoms with Gasteiger partial charge < -0.3 is 24.7 Å². The van der Waals surface area contributed by atoms with E-state index >= 15 is 0 Å². The average molecular weight is 499 g/mol. The van der Waals surface area contributed by atoms with Crippen LogP contribution in [-0.2, 0) is 22.4 Å². The molecule has 1 fully saturated rings. The van der Waals surface area contributed by atoms with Crippen molar-refractivity contribution in [1.29, 1.82) is 0 Å². The van der Waals surface area contributed by atoms with E-state index in [-0.39, 0.29) is 17.7 Å². The molecule has 8 nitrogen and oxygen atoms in total. The van der Waals surface area contributed by atoms with Gasteiger partial charge in [0.05, 0.1) is 37.3 Å². The summed E-state index contributed by atoms with van der Waals surface area (Å²) in [6, 6.07) is 21.1. The molecule has 190 valence electrons. The highest BCUT2D eigenvalue weighted by atomic mass is 16.5. The second-order valence-electron chi connectivity index (χ2n) is 9.04. The summed E-state index contributed by atoms with van der Waals surface area (Å²) < 4.78 is 12.8. The van der Waals surface area contributed by atoms with Gasteiger partial charge in [0, 0.05) is 24.1 Å². The number of carbonyl (C=O) groups excluding carboxylic acids is 2. The quantitative estimate of drug-likeness (QED) is 0.319. The Hall–Kier alpha value is -4.17. The van der Waals surface area contributed by atoms with Gasteiger partial charge in [-0.3, -0.25) is 4.79 Å². The number of ether oxygens (including phenoxy) is 2. The predicted octanol–water partition coefficient (Wildman–Crippen LogP) is 4.91. The van der Waals surface area contributed by atoms with Gasteiger partial charge in [0.25, 0.3) is 5.91 Å². The molecule has 3 heterocycles. The summed E-state index contributed by atoms with van der Waals surface area (Å²) >= 11 is 0. The minimum Gasteiger partial charge on any atom is -0.464 e. The van der Waals surface area contributed by atoms with Crippen molar-refractivity contribution in [3.05, 3.63) is 89.7 Å². The molecular formula is C29H30N4O4. The van der Waals surface area contributed by atoms with Gasteiger partial charge in [-0.25, -0.2) is 9.78 Å². The molecule has 0 saturated carbocycles. The Bertz CT molecular complexity index is 1380. The number of aromatic nitrogens is 2. The van der Waals surface area contributed by atoms with E-state index in [1.165, 1.54) is 12.7 Å². The number of nitrogens with zero attached hydrogens (tertiary/aromatic N) is 2. The third-order valence-electron chi connectivity index (χ3n) is 6.55. The van der Waals surface area contributed by atoms with Crippen LogP contribution in [0.3, 0.4) is 0 Å². The van der Waals surface area contributed by atoms with Crippen molar-refractivity contribution in [2.24, 2.45) is 0 Å². The molecule has 1 aliphatic heterocycles. The van der Waals surface area contributed by atoms with E-state index in [2.05, 4.69) is 22.8 Å². The lowest BCUT2D eigenvalue weighted by Crippen LogP contribution is -2.21. The first kappa shape index (κ1) is 24.5. The first-order valence-corrected chi connectivity index (χ1v) is 12.5. The average Bonchev–Trinajstić information content (AvgIpc) is 3.56. The number of fused-ring (bicyclic) bond motifs is 1.